The van der Waals surface area contributed by atoms with Crippen LogP contribution in [0.4, 0.5) is 0 Å². The number of piperidine rings is 1. The molecule has 0 aromatic heterocycles. The maximum atomic E-state index is 12.4. The highest BCUT2D eigenvalue weighted by Crippen LogP contribution is 2.29. The maximum absolute atomic E-state index is 12.4. The minimum atomic E-state index is 0.0300. The van der Waals surface area contributed by atoms with Crippen molar-refractivity contribution < 1.29 is 4.79 Å². The molecular formula is C13H14Cl2INO. The molecule has 1 heterocycles. The molecule has 0 aliphatic carbocycles. The van der Waals surface area contributed by atoms with Crippen LogP contribution in [0.15, 0.2) is 12.1 Å². The van der Waals surface area contributed by atoms with Gasteiger partial charge in [-0.15, -0.1) is 0 Å². The van der Waals surface area contributed by atoms with Crippen LogP contribution in [0, 0.1) is 3.57 Å². The average Bonchev–Trinajstić information content (AvgIpc) is 2.35. The molecule has 98 valence electrons. The highest BCUT2D eigenvalue weighted by Gasteiger charge is 2.25. The normalized spacial score (nSPS) is 20.0. The Morgan fingerprint density at radius 1 is 1.33 bits per heavy atom. The smallest absolute Gasteiger partial charge is 0.254 e. The summed E-state index contributed by atoms with van der Waals surface area (Å²) in [6, 6.07) is 3.71. The summed E-state index contributed by atoms with van der Waals surface area (Å²) < 4.78 is 0.791. The quantitative estimate of drug-likeness (QED) is 0.500. The average molecular weight is 398 g/mol. The van der Waals surface area contributed by atoms with Crippen molar-refractivity contribution in [2.45, 2.75) is 32.2 Å². The van der Waals surface area contributed by atoms with Crippen molar-refractivity contribution in [1.82, 2.24) is 4.90 Å². The van der Waals surface area contributed by atoms with Crippen molar-refractivity contribution in [2.75, 3.05) is 6.54 Å². The van der Waals surface area contributed by atoms with E-state index in [1.807, 2.05) is 4.90 Å². The molecule has 1 aliphatic heterocycles. The molecule has 1 aromatic carbocycles. The molecule has 0 spiro atoms. The number of nitrogens with zero attached hydrogens (tertiary/aromatic N) is 1. The molecule has 1 fully saturated rings. The molecule has 2 nitrogen and oxygen atoms in total. The van der Waals surface area contributed by atoms with E-state index in [9.17, 15) is 4.79 Å². The van der Waals surface area contributed by atoms with Crippen LogP contribution in [0.1, 0.15) is 36.5 Å². The van der Waals surface area contributed by atoms with Gasteiger partial charge < -0.3 is 4.90 Å². The van der Waals surface area contributed by atoms with E-state index in [0.717, 1.165) is 23.0 Å². The molecule has 0 bridgehead atoms. The zero-order valence-corrected chi connectivity index (χ0v) is 13.7. The fraction of sp³-hybridized carbons (Fsp3) is 0.462. The first-order valence-corrected chi connectivity index (χ1v) is 7.79. The highest BCUT2D eigenvalue weighted by molar-refractivity contribution is 14.1. The third kappa shape index (κ3) is 2.94. The van der Waals surface area contributed by atoms with Crippen molar-refractivity contribution >= 4 is 51.7 Å². The fourth-order valence-corrected chi connectivity index (χ4v) is 3.04. The number of likely N-dealkylation sites (tertiary alicyclic amines) is 1. The molecule has 2 rings (SSSR count). The molecule has 5 heteroatoms. The second kappa shape index (κ2) is 5.97. The van der Waals surface area contributed by atoms with E-state index in [2.05, 4.69) is 29.5 Å². The van der Waals surface area contributed by atoms with E-state index in [0.29, 0.717) is 21.7 Å². The van der Waals surface area contributed by atoms with Crippen LogP contribution in [-0.4, -0.2) is 23.4 Å². The number of halogens is 3. The lowest BCUT2D eigenvalue weighted by atomic mass is 10.0. The van der Waals surface area contributed by atoms with Crippen LogP contribution < -0.4 is 0 Å². The molecule has 18 heavy (non-hydrogen) atoms. The monoisotopic (exact) mass is 397 g/mol. The number of benzene rings is 1. The van der Waals surface area contributed by atoms with Gasteiger partial charge in [0, 0.05) is 18.2 Å². The lowest BCUT2D eigenvalue weighted by Gasteiger charge is -2.33. The molecular weight excluding hydrogens is 384 g/mol. The fourth-order valence-electron chi connectivity index (χ4n) is 2.24. The van der Waals surface area contributed by atoms with Gasteiger partial charge in [-0.05, 0) is 60.9 Å². The molecule has 0 radical (unpaired) electrons. The first kappa shape index (κ1) is 14.4. The standard InChI is InChI=1S/C13H14Cl2INO/c1-8-4-2-3-5-17(8)13(18)9-6-10(14)12(16)11(15)7-9/h6-8H,2-5H2,1H3/t8-/m1/s1. The number of amides is 1. The largest absolute Gasteiger partial charge is 0.336 e. The van der Waals surface area contributed by atoms with Crippen LogP contribution in [0.3, 0.4) is 0 Å². The van der Waals surface area contributed by atoms with Crippen molar-refractivity contribution in [3.63, 3.8) is 0 Å². The van der Waals surface area contributed by atoms with Gasteiger partial charge in [0.25, 0.3) is 5.91 Å². The molecule has 1 aliphatic rings. The van der Waals surface area contributed by atoms with Gasteiger partial charge in [0.2, 0.25) is 0 Å². The van der Waals surface area contributed by atoms with Crippen molar-refractivity contribution in [2.24, 2.45) is 0 Å². The Kier molecular flexibility index (Phi) is 4.78. The van der Waals surface area contributed by atoms with Crippen molar-refractivity contribution in [1.29, 1.82) is 0 Å². The summed E-state index contributed by atoms with van der Waals surface area (Å²) in [4.78, 5) is 14.3. The third-order valence-electron chi connectivity index (χ3n) is 3.29. The van der Waals surface area contributed by atoms with Gasteiger partial charge in [0.05, 0.1) is 13.6 Å². The summed E-state index contributed by atoms with van der Waals surface area (Å²) in [7, 11) is 0. The van der Waals surface area contributed by atoms with Gasteiger partial charge in [0.15, 0.2) is 0 Å². The molecule has 1 aromatic rings. The van der Waals surface area contributed by atoms with E-state index in [4.69, 9.17) is 23.2 Å². The van der Waals surface area contributed by atoms with Gasteiger partial charge in [-0.25, -0.2) is 0 Å². The maximum Gasteiger partial charge on any atom is 0.254 e. The van der Waals surface area contributed by atoms with Crippen molar-refractivity contribution in [3.05, 3.63) is 31.3 Å². The Balaban J connectivity index is 2.28. The SMILES string of the molecule is C[C@@H]1CCCCN1C(=O)c1cc(Cl)c(I)c(Cl)c1. The predicted molar refractivity (Wildman–Crippen MR) is 83.5 cm³/mol. The molecule has 1 amide bonds. The number of hydrogen-bond donors (Lipinski definition) is 0. The first-order chi connectivity index (χ1) is 8.50. The predicted octanol–water partition coefficient (Wildman–Crippen LogP) is 4.61. The molecule has 1 atom stereocenters. The molecule has 0 unspecified atom stereocenters. The van der Waals surface area contributed by atoms with E-state index in [-0.39, 0.29) is 5.91 Å². The van der Waals surface area contributed by atoms with Crippen LogP contribution >= 0.6 is 45.8 Å². The summed E-state index contributed by atoms with van der Waals surface area (Å²) in [5, 5.41) is 1.08. The first-order valence-electron chi connectivity index (χ1n) is 5.96. The van der Waals surface area contributed by atoms with E-state index >= 15 is 0 Å². The number of carbonyl (C=O) groups is 1. The van der Waals surface area contributed by atoms with E-state index in [1.165, 1.54) is 6.42 Å². The summed E-state index contributed by atoms with van der Waals surface area (Å²) in [6.45, 7) is 2.91. The Bertz CT molecular complexity index is 455. The van der Waals surface area contributed by atoms with Gasteiger partial charge in [-0.2, -0.15) is 0 Å². The number of rotatable bonds is 1. The second-order valence-electron chi connectivity index (χ2n) is 4.60. The Morgan fingerprint density at radius 3 is 2.50 bits per heavy atom. The zero-order valence-electron chi connectivity index (χ0n) is 10.0. The summed E-state index contributed by atoms with van der Waals surface area (Å²) in [5.74, 6) is 0.0300. The van der Waals surface area contributed by atoms with Gasteiger partial charge in [0.1, 0.15) is 0 Å². The Morgan fingerprint density at radius 2 is 1.94 bits per heavy atom. The minimum absolute atomic E-state index is 0.0300. The summed E-state index contributed by atoms with van der Waals surface area (Å²) in [5.41, 5.74) is 0.583. The van der Waals surface area contributed by atoms with Gasteiger partial charge in [-0.1, -0.05) is 23.2 Å². The lowest BCUT2D eigenvalue weighted by Crippen LogP contribution is -2.42. The molecule has 0 N–H and O–H groups in total. The van der Waals surface area contributed by atoms with Gasteiger partial charge in [-0.3, -0.25) is 4.79 Å². The third-order valence-corrected chi connectivity index (χ3v) is 5.69. The van der Waals surface area contributed by atoms with Crippen LogP contribution in [-0.2, 0) is 0 Å². The zero-order chi connectivity index (χ0) is 13.3. The number of hydrogen-bond acceptors (Lipinski definition) is 1. The minimum Gasteiger partial charge on any atom is -0.336 e. The van der Waals surface area contributed by atoms with Gasteiger partial charge >= 0.3 is 0 Å². The Labute approximate surface area is 131 Å². The lowest BCUT2D eigenvalue weighted by molar-refractivity contribution is 0.0635. The van der Waals surface area contributed by atoms with Crippen LogP contribution in [0.2, 0.25) is 10.0 Å². The van der Waals surface area contributed by atoms with Crippen molar-refractivity contribution in [3.8, 4) is 0 Å². The Hall–Kier alpha value is -0.000000000000000167. The summed E-state index contributed by atoms with van der Waals surface area (Å²) >= 11 is 14.2. The highest BCUT2D eigenvalue weighted by atomic mass is 127. The van der Waals surface area contributed by atoms with Crippen LogP contribution in [0.5, 0.6) is 0 Å². The molecule has 1 saturated heterocycles. The number of carbonyl (C=O) groups excluding carboxylic acids is 1. The van der Waals surface area contributed by atoms with E-state index < -0.39 is 0 Å². The van der Waals surface area contributed by atoms with Crippen LogP contribution in [0.25, 0.3) is 0 Å². The topological polar surface area (TPSA) is 20.3 Å². The second-order valence-corrected chi connectivity index (χ2v) is 6.49. The summed E-state index contributed by atoms with van der Waals surface area (Å²) in [6.07, 6.45) is 3.33. The van der Waals surface area contributed by atoms with E-state index in [1.54, 1.807) is 12.1 Å². The molecule has 0 saturated carbocycles.